The first-order valence-electron chi connectivity index (χ1n) is 5.04. The fourth-order valence-electron chi connectivity index (χ4n) is 1.86. The molecule has 0 radical (unpaired) electrons. The van der Waals surface area contributed by atoms with E-state index < -0.39 is 0 Å². The van der Waals surface area contributed by atoms with Crippen molar-refractivity contribution in [1.29, 1.82) is 0 Å². The van der Waals surface area contributed by atoms with Crippen molar-refractivity contribution in [3.8, 4) is 0 Å². The predicted molar refractivity (Wildman–Crippen MR) is 74.3 cm³/mol. The number of halogens is 3. The first kappa shape index (κ1) is 14.6. The van der Waals surface area contributed by atoms with Gasteiger partial charge in [0.25, 0.3) is 0 Å². The molecule has 0 aromatic carbocycles. The Morgan fingerprint density at radius 3 is 2.88 bits per heavy atom. The third-order valence-corrected chi connectivity index (χ3v) is 4.52. The van der Waals surface area contributed by atoms with Gasteiger partial charge in [-0.2, -0.15) is 0 Å². The number of hydrogen-bond donors (Lipinski definition) is 1. The van der Waals surface area contributed by atoms with E-state index in [1.54, 1.807) is 0 Å². The molecular formula is C10H15Cl3N2S. The van der Waals surface area contributed by atoms with Crippen LogP contribution < -0.4 is 5.32 Å². The van der Waals surface area contributed by atoms with Crippen LogP contribution in [0.3, 0.4) is 0 Å². The SMILES string of the molecule is C[C@H]1CN(Cc2csc(Cl)c2Cl)CCN1.Cl. The van der Waals surface area contributed by atoms with Gasteiger partial charge in [-0.15, -0.1) is 23.7 Å². The Labute approximate surface area is 116 Å². The van der Waals surface area contributed by atoms with Gasteiger partial charge in [-0.1, -0.05) is 23.2 Å². The lowest BCUT2D eigenvalue weighted by Gasteiger charge is -2.31. The lowest BCUT2D eigenvalue weighted by atomic mass is 10.2. The van der Waals surface area contributed by atoms with Crippen LogP contribution in [0.2, 0.25) is 9.36 Å². The molecule has 6 heteroatoms. The Morgan fingerprint density at radius 2 is 2.31 bits per heavy atom. The van der Waals surface area contributed by atoms with Crippen molar-refractivity contribution in [3.05, 3.63) is 20.3 Å². The largest absolute Gasteiger partial charge is 0.312 e. The van der Waals surface area contributed by atoms with Crippen LogP contribution >= 0.6 is 46.9 Å². The van der Waals surface area contributed by atoms with Crippen LogP contribution in [0.25, 0.3) is 0 Å². The van der Waals surface area contributed by atoms with Gasteiger partial charge in [0.2, 0.25) is 0 Å². The molecule has 1 atom stereocenters. The predicted octanol–water partition coefficient (Wildman–Crippen LogP) is 3.27. The summed E-state index contributed by atoms with van der Waals surface area (Å²) in [6.45, 7) is 6.32. The van der Waals surface area contributed by atoms with Gasteiger partial charge < -0.3 is 5.32 Å². The smallest absolute Gasteiger partial charge is 0.112 e. The van der Waals surface area contributed by atoms with Crippen molar-refractivity contribution >= 4 is 46.9 Å². The van der Waals surface area contributed by atoms with E-state index in [1.807, 2.05) is 0 Å². The average Bonchev–Trinajstić information content (AvgIpc) is 2.50. The van der Waals surface area contributed by atoms with Crippen molar-refractivity contribution in [3.63, 3.8) is 0 Å². The van der Waals surface area contributed by atoms with E-state index in [4.69, 9.17) is 23.2 Å². The van der Waals surface area contributed by atoms with Crippen molar-refractivity contribution < 1.29 is 0 Å². The van der Waals surface area contributed by atoms with Crippen molar-refractivity contribution in [2.75, 3.05) is 19.6 Å². The molecule has 1 aromatic rings. The number of hydrogen-bond acceptors (Lipinski definition) is 3. The molecule has 0 spiro atoms. The summed E-state index contributed by atoms with van der Waals surface area (Å²) in [4.78, 5) is 2.41. The molecule has 16 heavy (non-hydrogen) atoms. The van der Waals surface area contributed by atoms with Crippen LogP contribution in [0.4, 0.5) is 0 Å². The minimum Gasteiger partial charge on any atom is -0.312 e. The quantitative estimate of drug-likeness (QED) is 0.902. The molecule has 1 aromatic heterocycles. The van der Waals surface area contributed by atoms with Gasteiger partial charge in [-0.05, 0) is 17.9 Å². The molecule has 92 valence electrons. The summed E-state index contributed by atoms with van der Waals surface area (Å²) in [5.74, 6) is 0. The second-order valence-corrected chi connectivity index (χ2v) is 5.80. The summed E-state index contributed by atoms with van der Waals surface area (Å²) in [7, 11) is 0. The van der Waals surface area contributed by atoms with E-state index in [0.717, 1.165) is 36.8 Å². The number of nitrogens with one attached hydrogen (secondary N) is 1. The van der Waals surface area contributed by atoms with Crippen molar-refractivity contribution in [2.24, 2.45) is 0 Å². The Bertz CT molecular complexity index is 343. The zero-order valence-corrected chi connectivity index (χ0v) is 12.1. The summed E-state index contributed by atoms with van der Waals surface area (Å²) < 4.78 is 0.704. The minimum atomic E-state index is 0. The molecule has 1 N–H and O–H groups in total. The summed E-state index contributed by atoms with van der Waals surface area (Å²) in [6.07, 6.45) is 0. The second kappa shape index (κ2) is 6.43. The molecule has 0 unspecified atom stereocenters. The fraction of sp³-hybridized carbons (Fsp3) is 0.600. The Hall–Kier alpha value is 0.490. The molecule has 1 fully saturated rings. The molecule has 2 rings (SSSR count). The van der Waals surface area contributed by atoms with Crippen LogP contribution in [-0.2, 0) is 6.54 Å². The third-order valence-electron chi connectivity index (χ3n) is 2.61. The van der Waals surface area contributed by atoms with Crippen LogP contribution in [0.5, 0.6) is 0 Å². The molecule has 0 saturated carbocycles. The van der Waals surface area contributed by atoms with E-state index in [-0.39, 0.29) is 12.4 Å². The number of rotatable bonds is 2. The first-order chi connectivity index (χ1) is 7.16. The normalized spacial score (nSPS) is 21.8. The summed E-state index contributed by atoms with van der Waals surface area (Å²) in [5, 5.41) is 6.20. The molecule has 2 nitrogen and oxygen atoms in total. The average molecular weight is 302 g/mol. The first-order valence-corrected chi connectivity index (χ1v) is 6.67. The summed E-state index contributed by atoms with van der Waals surface area (Å²) in [6, 6.07) is 0.562. The summed E-state index contributed by atoms with van der Waals surface area (Å²) >= 11 is 13.5. The van der Waals surface area contributed by atoms with Crippen molar-refractivity contribution in [1.82, 2.24) is 10.2 Å². The highest BCUT2D eigenvalue weighted by Crippen LogP contribution is 2.33. The fourth-order valence-corrected chi connectivity index (χ4v) is 3.10. The lowest BCUT2D eigenvalue weighted by Crippen LogP contribution is -2.48. The van der Waals surface area contributed by atoms with Gasteiger partial charge >= 0.3 is 0 Å². The molecule has 1 aliphatic rings. The van der Waals surface area contributed by atoms with E-state index >= 15 is 0 Å². The highest BCUT2D eigenvalue weighted by molar-refractivity contribution is 7.15. The number of piperazine rings is 1. The third kappa shape index (κ3) is 3.49. The lowest BCUT2D eigenvalue weighted by molar-refractivity contribution is 0.200. The van der Waals surface area contributed by atoms with Crippen LogP contribution in [0.1, 0.15) is 12.5 Å². The topological polar surface area (TPSA) is 15.3 Å². The molecule has 0 amide bonds. The van der Waals surface area contributed by atoms with E-state index in [1.165, 1.54) is 11.3 Å². The zero-order valence-electron chi connectivity index (χ0n) is 9.00. The van der Waals surface area contributed by atoms with Crippen LogP contribution in [0.15, 0.2) is 5.38 Å². The van der Waals surface area contributed by atoms with Crippen molar-refractivity contribution in [2.45, 2.75) is 19.5 Å². The Balaban J connectivity index is 0.00000128. The standard InChI is InChI=1S/C10H14Cl2N2S.ClH/c1-7-4-14(3-2-13-7)5-8-6-15-10(12)9(8)11;/h6-7,13H,2-5H2,1H3;1H/t7-;/m0./s1. The molecule has 2 heterocycles. The maximum absolute atomic E-state index is 6.10. The minimum absolute atomic E-state index is 0. The maximum atomic E-state index is 6.10. The van der Waals surface area contributed by atoms with Gasteiger partial charge in [0, 0.05) is 32.2 Å². The molecule has 0 bridgehead atoms. The Kier molecular flexibility index (Phi) is 5.85. The van der Waals surface area contributed by atoms with E-state index in [0.29, 0.717) is 10.4 Å². The molecular weight excluding hydrogens is 287 g/mol. The van der Waals surface area contributed by atoms with Gasteiger partial charge in [0.05, 0.1) is 5.02 Å². The van der Waals surface area contributed by atoms with Gasteiger partial charge in [0.1, 0.15) is 4.34 Å². The van der Waals surface area contributed by atoms with Crippen LogP contribution in [-0.4, -0.2) is 30.6 Å². The highest BCUT2D eigenvalue weighted by atomic mass is 35.5. The summed E-state index contributed by atoms with van der Waals surface area (Å²) in [5.41, 5.74) is 1.15. The monoisotopic (exact) mass is 300 g/mol. The molecule has 1 aliphatic heterocycles. The highest BCUT2D eigenvalue weighted by Gasteiger charge is 2.17. The molecule has 1 saturated heterocycles. The second-order valence-electron chi connectivity index (χ2n) is 3.94. The maximum Gasteiger partial charge on any atom is 0.112 e. The van der Waals surface area contributed by atoms with Gasteiger partial charge in [0.15, 0.2) is 0 Å². The number of thiophene rings is 1. The number of nitrogens with zero attached hydrogens (tertiary/aromatic N) is 1. The Morgan fingerprint density at radius 1 is 1.56 bits per heavy atom. The van der Waals surface area contributed by atoms with Gasteiger partial charge in [-0.3, -0.25) is 4.90 Å². The van der Waals surface area contributed by atoms with Gasteiger partial charge in [-0.25, -0.2) is 0 Å². The van der Waals surface area contributed by atoms with E-state index in [2.05, 4.69) is 22.5 Å². The van der Waals surface area contributed by atoms with Crippen LogP contribution in [0, 0.1) is 0 Å². The molecule has 0 aliphatic carbocycles. The zero-order chi connectivity index (χ0) is 10.8. The van der Waals surface area contributed by atoms with E-state index in [9.17, 15) is 0 Å².